The highest BCUT2D eigenvalue weighted by atomic mass is 16.1. The molecule has 0 atom stereocenters. The van der Waals surface area contributed by atoms with Gasteiger partial charge in [0.2, 0.25) is 5.91 Å². The summed E-state index contributed by atoms with van der Waals surface area (Å²) in [7, 11) is 0. The summed E-state index contributed by atoms with van der Waals surface area (Å²) in [6, 6.07) is 18.0. The Labute approximate surface area is 178 Å². The van der Waals surface area contributed by atoms with E-state index in [-0.39, 0.29) is 5.91 Å². The third kappa shape index (κ3) is 5.33. The molecule has 2 aromatic rings. The molecular formula is C25H28N4O. The van der Waals surface area contributed by atoms with E-state index < -0.39 is 0 Å². The maximum Gasteiger partial charge on any atom is 0.224 e. The van der Waals surface area contributed by atoms with Crippen LogP contribution in [0.1, 0.15) is 30.0 Å². The van der Waals surface area contributed by atoms with Gasteiger partial charge in [0.05, 0.1) is 24.0 Å². The molecule has 0 fully saturated rings. The van der Waals surface area contributed by atoms with E-state index in [1.807, 2.05) is 84.9 Å². The number of hydrogen-bond acceptors (Lipinski definition) is 4. The smallest absolute Gasteiger partial charge is 0.224 e. The van der Waals surface area contributed by atoms with E-state index in [9.17, 15) is 4.79 Å². The van der Waals surface area contributed by atoms with E-state index in [1.165, 1.54) is 0 Å². The summed E-state index contributed by atoms with van der Waals surface area (Å²) in [5.41, 5.74) is 11.1. The molecule has 2 aromatic carbocycles. The number of rotatable bonds is 8. The van der Waals surface area contributed by atoms with Crippen LogP contribution in [0.5, 0.6) is 0 Å². The summed E-state index contributed by atoms with van der Waals surface area (Å²) in [6.45, 7) is 7.48. The van der Waals surface area contributed by atoms with Gasteiger partial charge in [0.15, 0.2) is 0 Å². The highest BCUT2D eigenvalue weighted by Crippen LogP contribution is 2.29. The van der Waals surface area contributed by atoms with Crippen molar-refractivity contribution in [2.75, 3.05) is 13.1 Å². The number of carbonyl (C=O) groups excluding carboxylic acids is 1. The summed E-state index contributed by atoms with van der Waals surface area (Å²) in [5.74, 6) is 0.00825. The van der Waals surface area contributed by atoms with Gasteiger partial charge in [-0.25, -0.2) is 0 Å². The Hall–Kier alpha value is -3.44. The highest BCUT2D eigenvalue weighted by Gasteiger charge is 2.16. The second kappa shape index (κ2) is 10.4. The molecule has 3 rings (SSSR count). The Morgan fingerprint density at radius 1 is 1.17 bits per heavy atom. The van der Waals surface area contributed by atoms with Gasteiger partial charge in [-0.05, 0) is 31.0 Å². The second-order valence-electron chi connectivity index (χ2n) is 7.03. The molecule has 0 spiro atoms. The monoisotopic (exact) mass is 400 g/mol. The van der Waals surface area contributed by atoms with Crippen molar-refractivity contribution >= 4 is 23.5 Å². The number of nitrogens with zero attached hydrogens (tertiary/aromatic N) is 2. The lowest BCUT2D eigenvalue weighted by Crippen LogP contribution is -2.27. The molecule has 0 unspecified atom stereocenters. The van der Waals surface area contributed by atoms with E-state index in [0.717, 1.165) is 40.2 Å². The molecule has 5 nitrogen and oxygen atoms in total. The van der Waals surface area contributed by atoms with E-state index >= 15 is 0 Å². The lowest BCUT2D eigenvalue weighted by Gasteiger charge is -2.27. The van der Waals surface area contributed by atoms with Crippen LogP contribution in [-0.2, 0) is 11.2 Å². The molecular weight excluding hydrogens is 372 g/mol. The van der Waals surface area contributed by atoms with Crippen LogP contribution in [0.2, 0.25) is 0 Å². The predicted octanol–water partition coefficient (Wildman–Crippen LogP) is 3.95. The van der Waals surface area contributed by atoms with Crippen molar-refractivity contribution in [1.82, 2.24) is 10.2 Å². The summed E-state index contributed by atoms with van der Waals surface area (Å²) < 4.78 is 0. The molecule has 5 heteroatoms. The first kappa shape index (κ1) is 21.3. The van der Waals surface area contributed by atoms with Crippen molar-refractivity contribution in [3.05, 3.63) is 95.8 Å². The number of nitrogens with two attached hydrogens (primary N) is 1. The van der Waals surface area contributed by atoms with Crippen molar-refractivity contribution in [2.45, 2.75) is 19.8 Å². The molecule has 0 radical (unpaired) electrons. The Bertz CT molecular complexity index is 972. The van der Waals surface area contributed by atoms with Gasteiger partial charge in [0.25, 0.3) is 0 Å². The Morgan fingerprint density at radius 3 is 2.57 bits per heavy atom. The van der Waals surface area contributed by atoms with Crippen molar-refractivity contribution < 1.29 is 4.79 Å². The first-order valence-electron chi connectivity index (χ1n) is 10.1. The molecule has 0 saturated carbocycles. The molecule has 1 amide bonds. The minimum atomic E-state index is 0.00825. The molecule has 0 aromatic heterocycles. The van der Waals surface area contributed by atoms with Gasteiger partial charge in [0, 0.05) is 24.0 Å². The molecule has 30 heavy (non-hydrogen) atoms. The van der Waals surface area contributed by atoms with Crippen LogP contribution in [-0.4, -0.2) is 30.1 Å². The van der Waals surface area contributed by atoms with Crippen LogP contribution in [0.3, 0.4) is 0 Å². The standard InChI is InChI=1S/C25H28N4O/c1-3-23-17-28-24(22-8-5-4-6-9-22)18-29(23)19(2)21-12-10-20(11-13-21)16-25(30)27-15-7-14-26/h3-6,8-13,17-18H,2,7,14-16,26H2,1H3,(H,27,30)/b23-3-. The van der Waals surface area contributed by atoms with Crippen LogP contribution in [0.25, 0.3) is 11.4 Å². The van der Waals surface area contributed by atoms with Gasteiger partial charge in [-0.1, -0.05) is 67.3 Å². The topological polar surface area (TPSA) is 70.7 Å². The lowest BCUT2D eigenvalue weighted by atomic mass is 10.1. The zero-order valence-electron chi connectivity index (χ0n) is 17.3. The molecule has 0 saturated heterocycles. The summed E-state index contributed by atoms with van der Waals surface area (Å²) >= 11 is 0. The van der Waals surface area contributed by atoms with Crippen molar-refractivity contribution in [1.29, 1.82) is 0 Å². The molecule has 154 valence electrons. The SMILES string of the molecule is C=C(c1ccc(CC(=O)NCCCN)cc1)N1C=C(c2ccccc2)N=C/C1=C/C. The van der Waals surface area contributed by atoms with Crippen LogP contribution in [0.15, 0.2) is 84.1 Å². The van der Waals surface area contributed by atoms with Crippen molar-refractivity contribution in [2.24, 2.45) is 10.7 Å². The van der Waals surface area contributed by atoms with Gasteiger partial charge < -0.3 is 16.0 Å². The number of aliphatic imine (C=N–C) groups is 1. The minimum absolute atomic E-state index is 0.00825. The average Bonchev–Trinajstić information content (AvgIpc) is 2.79. The van der Waals surface area contributed by atoms with E-state index in [4.69, 9.17) is 5.73 Å². The Balaban J connectivity index is 1.73. The van der Waals surface area contributed by atoms with Gasteiger partial charge in [0.1, 0.15) is 0 Å². The maximum absolute atomic E-state index is 12.0. The number of carbonyl (C=O) groups is 1. The fourth-order valence-electron chi connectivity index (χ4n) is 3.17. The molecule has 0 bridgehead atoms. The summed E-state index contributed by atoms with van der Waals surface area (Å²) in [4.78, 5) is 18.6. The normalized spacial score (nSPS) is 14.5. The van der Waals surface area contributed by atoms with Crippen LogP contribution in [0.4, 0.5) is 0 Å². The summed E-state index contributed by atoms with van der Waals surface area (Å²) in [5, 5.41) is 2.88. The largest absolute Gasteiger partial charge is 0.356 e. The highest BCUT2D eigenvalue weighted by molar-refractivity contribution is 5.90. The predicted molar refractivity (Wildman–Crippen MR) is 124 cm³/mol. The molecule has 0 aliphatic carbocycles. The third-order valence-electron chi connectivity index (χ3n) is 4.88. The second-order valence-corrected chi connectivity index (χ2v) is 7.03. The molecule has 1 aliphatic heterocycles. The van der Waals surface area contributed by atoms with E-state index in [1.54, 1.807) is 0 Å². The van der Waals surface area contributed by atoms with E-state index in [2.05, 4.69) is 16.9 Å². The van der Waals surface area contributed by atoms with Crippen LogP contribution in [0, 0.1) is 0 Å². The van der Waals surface area contributed by atoms with Crippen LogP contribution >= 0.6 is 0 Å². The van der Waals surface area contributed by atoms with Gasteiger partial charge >= 0.3 is 0 Å². The van der Waals surface area contributed by atoms with Gasteiger partial charge in [-0.2, -0.15) is 0 Å². The molecule has 3 N–H and O–H groups in total. The lowest BCUT2D eigenvalue weighted by molar-refractivity contribution is -0.120. The number of allylic oxidation sites excluding steroid dienone is 2. The number of hydrogen-bond donors (Lipinski definition) is 2. The fraction of sp³-hybridized carbons (Fsp3) is 0.200. The first-order chi connectivity index (χ1) is 14.6. The maximum atomic E-state index is 12.0. The Kier molecular flexibility index (Phi) is 7.35. The number of nitrogens with one attached hydrogen (secondary N) is 1. The van der Waals surface area contributed by atoms with Crippen molar-refractivity contribution in [3.8, 4) is 0 Å². The van der Waals surface area contributed by atoms with Crippen LogP contribution < -0.4 is 11.1 Å². The quantitative estimate of drug-likeness (QED) is 0.659. The number of amides is 1. The molecule has 1 heterocycles. The zero-order chi connectivity index (χ0) is 21.3. The molecule has 1 aliphatic rings. The first-order valence-corrected chi connectivity index (χ1v) is 10.1. The minimum Gasteiger partial charge on any atom is -0.356 e. The Morgan fingerprint density at radius 2 is 1.90 bits per heavy atom. The fourth-order valence-corrected chi connectivity index (χ4v) is 3.17. The van der Waals surface area contributed by atoms with Gasteiger partial charge in [-0.15, -0.1) is 0 Å². The average molecular weight is 401 g/mol. The van der Waals surface area contributed by atoms with Gasteiger partial charge in [-0.3, -0.25) is 9.79 Å². The zero-order valence-corrected chi connectivity index (χ0v) is 17.3. The van der Waals surface area contributed by atoms with E-state index in [0.29, 0.717) is 19.5 Å². The van der Waals surface area contributed by atoms with Crippen molar-refractivity contribution in [3.63, 3.8) is 0 Å². The summed E-state index contributed by atoms with van der Waals surface area (Å²) in [6.07, 6.45) is 7.01. The number of benzene rings is 2. The third-order valence-corrected chi connectivity index (χ3v) is 4.88.